The third-order valence-corrected chi connectivity index (χ3v) is 8.11. The van der Waals surface area contributed by atoms with Gasteiger partial charge in [0.2, 0.25) is 12.7 Å². The molecule has 5 rings (SSSR count). The van der Waals surface area contributed by atoms with E-state index in [9.17, 15) is 18.0 Å². The summed E-state index contributed by atoms with van der Waals surface area (Å²) in [7, 11) is -3.14. The number of fused-ring (bicyclic) bond motifs is 1. The number of hydrogen-bond donors (Lipinski definition) is 0. The molecule has 10 nitrogen and oxygen atoms in total. The highest BCUT2D eigenvalue weighted by Crippen LogP contribution is 2.33. The van der Waals surface area contributed by atoms with Crippen LogP contribution >= 0.6 is 0 Å². The van der Waals surface area contributed by atoms with Crippen LogP contribution in [0.5, 0.6) is 11.5 Å². The average molecular weight is 463 g/mol. The topological polar surface area (TPSA) is 109 Å². The molecule has 4 aliphatic heterocycles. The molecule has 2 saturated heterocycles. The first-order chi connectivity index (χ1) is 15.4. The van der Waals surface area contributed by atoms with Crippen LogP contribution < -0.4 is 9.47 Å². The highest BCUT2D eigenvalue weighted by molar-refractivity contribution is 7.91. The molecule has 11 heteroatoms. The zero-order valence-electron chi connectivity index (χ0n) is 17.7. The Kier molecular flexibility index (Phi) is 5.54. The SMILES string of the molecule is O=C(C1=NN([C@H]2CCS(=O)(=O)C2)C(=O)CC1)N1CCN(Cc2ccc3c(c2)OCO3)CC1. The molecule has 4 aliphatic rings. The summed E-state index contributed by atoms with van der Waals surface area (Å²) < 4.78 is 34.4. The van der Waals surface area contributed by atoms with E-state index in [1.54, 1.807) is 4.90 Å². The molecule has 0 aromatic heterocycles. The van der Waals surface area contributed by atoms with Crippen molar-refractivity contribution in [1.82, 2.24) is 14.8 Å². The van der Waals surface area contributed by atoms with Gasteiger partial charge in [-0.1, -0.05) is 6.07 Å². The Morgan fingerprint density at radius 1 is 1.09 bits per heavy atom. The summed E-state index contributed by atoms with van der Waals surface area (Å²) in [5, 5.41) is 5.56. The zero-order chi connectivity index (χ0) is 22.3. The molecular weight excluding hydrogens is 436 g/mol. The Hall–Kier alpha value is -2.66. The van der Waals surface area contributed by atoms with Gasteiger partial charge in [0.1, 0.15) is 5.71 Å². The Morgan fingerprint density at radius 2 is 1.88 bits per heavy atom. The van der Waals surface area contributed by atoms with Gasteiger partial charge in [-0.15, -0.1) is 0 Å². The molecule has 4 heterocycles. The molecule has 0 aliphatic carbocycles. The maximum Gasteiger partial charge on any atom is 0.270 e. The molecule has 0 saturated carbocycles. The number of ether oxygens (including phenoxy) is 2. The van der Waals surface area contributed by atoms with E-state index in [1.807, 2.05) is 18.2 Å². The molecule has 0 radical (unpaired) electrons. The number of sulfone groups is 1. The van der Waals surface area contributed by atoms with Gasteiger partial charge in [-0.3, -0.25) is 14.5 Å². The van der Waals surface area contributed by atoms with Gasteiger partial charge in [0.25, 0.3) is 5.91 Å². The maximum atomic E-state index is 13.0. The number of benzene rings is 1. The number of nitrogens with zero attached hydrogens (tertiary/aromatic N) is 4. The van der Waals surface area contributed by atoms with E-state index in [4.69, 9.17) is 9.47 Å². The van der Waals surface area contributed by atoms with Crippen LogP contribution in [0.4, 0.5) is 0 Å². The Morgan fingerprint density at radius 3 is 2.62 bits per heavy atom. The largest absolute Gasteiger partial charge is 0.454 e. The Balaban J connectivity index is 1.18. The lowest BCUT2D eigenvalue weighted by atomic mass is 10.1. The molecule has 0 N–H and O–H groups in total. The van der Waals surface area contributed by atoms with Gasteiger partial charge in [-0.05, 0) is 24.1 Å². The molecular formula is C21H26N4O6S. The van der Waals surface area contributed by atoms with Crippen molar-refractivity contribution in [2.24, 2.45) is 5.10 Å². The molecule has 0 spiro atoms. The van der Waals surface area contributed by atoms with Crippen LogP contribution in [0.1, 0.15) is 24.8 Å². The maximum absolute atomic E-state index is 13.0. The van der Waals surface area contributed by atoms with E-state index >= 15 is 0 Å². The van der Waals surface area contributed by atoms with Gasteiger partial charge >= 0.3 is 0 Å². The first-order valence-electron chi connectivity index (χ1n) is 10.9. The van der Waals surface area contributed by atoms with Crippen molar-refractivity contribution in [1.29, 1.82) is 0 Å². The van der Waals surface area contributed by atoms with E-state index in [0.717, 1.165) is 36.7 Å². The predicted octanol–water partition coefficient (Wildman–Crippen LogP) is 0.225. The second-order valence-corrected chi connectivity index (χ2v) is 10.8. The third kappa shape index (κ3) is 4.31. The number of hydrazone groups is 1. The van der Waals surface area contributed by atoms with E-state index < -0.39 is 15.9 Å². The van der Waals surface area contributed by atoms with Crippen molar-refractivity contribution in [3.8, 4) is 11.5 Å². The number of carbonyl (C=O) groups excluding carboxylic acids is 2. The molecule has 172 valence electrons. The van der Waals surface area contributed by atoms with Gasteiger partial charge in [0.15, 0.2) is 21.3 Å². The predicted molar refractivity (Wildman–Crippen MR) is 115 cm³/mol. The fourth-order valence-electron chi connectivity index (χ4n) is 4.57. The van der Waals surface area contributed by atoms with Crippen LogP contribution in [-0.2, 0) is 26.0 Å². The van der Waals surface area contributed by atoms with E-state index in [1.165, 1.54) is 5.01 Å². The standard InChI is InChI=1S/C21H26N4O6S/c26-20-4-2-17(22-25(20)16-5-10-32(28,29)13-16)21(27)24-8-6-23(7-9-24)12-15-1-3-18-19(11-15)31-14-30-18/h1,3,11,16H,2,4-10,12-14H2/t16-/m0/s1. The fraction of sp³-hybridized carbons (Fsp3) is 0.571. The molecule has 1 aromatic rings. The summed E-state index contributed by atoms with van der Waals surface area (Å²) in [4.78, 5) is 29.4. The number of carbonyl (C=O) groups is 2. The van der Waals surface area contributed by atoms with Gasteiger partial charge in [0.05, 0.1) is 17.5 Å². The monoisotopic (exact) mass is 462 g/mol. The van der Waals surface area contributed by atoms with Crippen molar-refractivity contribution in [3.05, 3.63) is 23.8 Å². The summed E-state index contributed by atoms with van der Waals surface area (Å²) in [6.07, 6.45) is 0.855. The van der Waals surface area contributed by atoms with Crippen LogP contribution in [0.15, 0.2) is 23.3 Å². The van der Waals surface area contributed by atoms with Gasteiger partial charge in [-0.25, -0.2) is 13.4 Å². The molecule has 2 fully saturated rings. The highest BCUT2D eigenvalue weighted by atomic mass is 32.2. The third-order valence-electron chi connectivity index (χ3n) is 6.36. The normalized spacial score (nSPS) is 25.2. The van der Waals surface area contributed by atoms with Crippen molar-refractivity contribution in [3.63, 3.8) is 0 Å². The number of hydrogen-bond acceptors (Lipinski definition) is 8. The van der Waals surface area contributed by atoms with E-state index in [-0.39, 0.29) is 36.5 Å². The minimum Gasteiger partial charge on any atom is -0.454 e. The lowest BCUT2D eigenvalue weighted by Crippen LogP contribution is -2.51. The second kappa shape index (κ2) is 8.36. The van der Waals surface area contributed by atoms with Crippen molar-refractivity contribution in [2.75, 3.05) is 44.5 Å². The first-order valence-corrected chi connectivity index (χ1v) is 12.7. The molecule has 1 aromatic carbocycles. The Bertz CT molecular complexity index is 1060. The number of piperazine rings is 1. The molecule has 1 atom stereocenters. The van der Waals surface area contributed by atoms with E-state index in [2.05, 4.69) is 10.0 Å². The molecule has 2 amide bonds. The van der Waals surface area contributed by atoms with Gasteiger partial charge < -0.3 is 14.4 Å². The molecule has 32 heavy (non-hydrogen) atoms. The summed E-state index contributed by atoms with van der Waals surface area (Å²) in [6, 6.07) is 5.47. The lowest BCUT2D eigenvalue weighted by Gasteiger charge is -2.36. The van der Waals surface area contributed by atoms with Crippen molar-refractivity contribution >= 4 is 27.4 Å². The second-order valence-electron chi connectivity index (χ2n) is 8.60. The molecule has 0 unspecified atom stereocenters. The van der Waals surface area contributed by atoms with E-state index in [0.29, 0.717) is 31.6 Å². The molecule has 0 bridgehead atoms. The number of amides is 2. The summed E-state index contributed by atoms with van der Waals surface area (Å²) in [6.45, 7) is 3.64. The van der Waals surface area contributed by atoms with Crippen LogP contribution in [0, 0.1) is 0 Å². The minimum absolute atomic E-state index is 0.0611. The smallest absolute Gasteiger partial charge is 0.270 e. The Labute approximate surface area is 186 Å². The minimum atomic E-state index is -3.14. The van der Waals surface area contributed by atoms with Crippen LogP contribution in [0.3, 0.4) is 0 Å². The van der Waals surface area contributed by atoms with Crippen LogP contribution in [0.2, 0.25) is 0 Å². The van der Waals surface area contributed by atoms with Crippen molar-refractivity contribution < 1.29 is 27.5 Å². The quantitative estimate of drug-likeness (QED) is 0.630. The lowest BCUT2D eigenvalue weighted by molar-refractivity contribution is -0.134. The fourth-order valence-corrected chi connectivity index (χ4v) is 6.26. The summed E-state index contributed by atoms with van der Waals surface area (Å²) in [5.41, 5.74) is 1.48. The summed E-state index contributed by atoms with van der Waals surface area (Å²) in [5.74, 6) is 1.14. The van der Waals surface area contributed by atoms with Crippen LogP contribution in [-0.4, -0.2) is 91.3 Å². The van der Waals surface area contributed by atoms with Gasteiger partial charge in [-0.2, -0.15) is 5.10 Å². The van der Waals surface area contributed by atoms with Crippen LogP contribution in [0.25, 0.3) is 0 Å². The average Bonchev–Trinajstić information content (AvgIpc) is 3.39. The first kappa shape index (κ1) is 21.2. The van der Waals surface area contributed by atoms with Crippen molar-refractivity contribution in [2.45, 2.75) is 31.8 Å². The summed E-state index contributed by atoms with van der Waals surface area (Å²) >= 11 is 0. The highest BCUT2D eigenvalue weighted by Gasteiger charge is 2.38. The van der Waals surface area contributed by atoms with Gasteiger partial charge in [0, 0.05) is 45.6 Å². The number of rotatable bonds is 4. The zero-order valence-corrected chi connectivity index (χ0v) is 18.6.